The highest BCUT2D eigenvalue weighted by atomic mass is 16.6. The molecule has 6 rings (SSSR count). The maximum absolute atomic E-state index is 12.3. The summed E-state index contributed by atoms with van der Waals surface area (Å²) in [5, 5.41) is 3.86. The molecule has 0 spiro atoms. The largest absolute Gasteiger partial charge is 0.486 e. The Balaban J connectivity index is 1.26. The van der Waals surface area contributed by atoms with Gasteiger partial charge >= 0.3 is 6.09 Å². The van der Waals surface area contributed by atoms with E-state index in [9.17, 15) is 4.79 Å². The molecule has 9 heteroatoms. The minimum Gasteiger partial charge on any atom is -0.486 e. The normalized spacial score (nSPS) is 18.3. The summed E-state index contributed by atoms with van der Waals surface area (Å²) in [5.41, 5.74) is 17.2. The van der Waals surface area contributed by atoms with Crippen LogP contribution in [0.1, 0.15) is 45.1 Å². The molecule has 1 atom stereocenters. The average Bonchev–Trinajstić information content (AvgIpc) is 3.50. The summed E-state index contributed by atoms with van der Waals surface area (Å²) < 4.78 is 13.8. The maximum atomic E-state index is 12.3. The number of anilines is 2. The standard InChI is InChI=1S/C27H32N6O3/c1-16(17-5-6-17)36-27(34)31-19-9-7-18(8-10-19)26-25(28)22-12-11-21(35-14-24-29-15-30-32-24)13-23(22)33(26)20-3-2-4-20/h7-13,16-17,20,30H,2-6,14-15,28H2,1H3,(H,29,32)(H,31,34). The molecule has 2 aliphatic carbocycles. The van der Waals surface area contributed by atoms with Crippen molar-refractivity contribution in [2.75, 3.05) is 24.3 Å². The molecule has 9 nitrogen and oxygen atoms in total. The summed E-state index contributed by atoms with van der Waals surface area (Å²) >= 11 is 0. The molecule has 3 aromatic rings. The molecule has 0 saturated heterocycles. The van der Waals surface area contributed by atoms with Crippen molar-refractivity contribution < 1.29 is 14.3 Å². The Kier molecular flexibility index (Phi) is 5.92. The third-order valence-electron chi connectivity index (χ3n) is 7.40. The zero-order valence-electron chi connectivity index (χ0n) is 20.4. The SMILES string of the molecule is CC(OC(=O)Nc1ccc(-c2c(N)c3ccc(OCC4=NCNN4)cc3n2C2CCC2)cc1)C1CC1. The lowest BCUT2D eigenvalue weighted by Crippen LogP contribution is -2.33. The van der Waals surface area contributed by atoms with Crippen LogP contribution in [0.25, 0.3) is 22.2 Å². The summed E-state index contributed by atoms with van der Waals surface area (Å²) in [7, 11) is 0. The zero-order valence-corrected chi connectivity index (χ0v) is 20.4. The van der Waals surface area contributed by atoms with Crippen LogP contribution in [0.15, 0.2) is 47.5 Å². The Bertz CT molecular complexity index is 1310. The Hall–Kier alpha value is -3.72. The highest BCUT2D eigenvalue weighted by molar-refractivity contribution is 6.02. The van der Waals surface area contributed by atoms with Gasteiger partial charge in [-0.25, -0.2) is 10.2 Å². The zero-order chi connectivity index (χ0) is 24.6. The second-order valence-electron chi connectivity index (χ2n) is 9.90. The van der Waals surface area contributed by atoms with E-state index in [1.54, 1.807) is 0 Å². The van der Waals surface area contributed by atoms with Gasteiger partial charge in [-0.15, -0.1) is 0 Å². The van der Waals surface area contributed by atoms with Gasteiger partial charge < -0.3 is 25.2 Å². The molecule has 188 valence electrons. The van der Waals surface area contributed by atoms with Crippen molar-refractivity contribution in [2.24, 2.45) is 10.9 Å². The second kappa shape index (κ2) is 9.39. The van der Waals surface area contributed by atoms with Crippen LogP contribution in [-0.2, 0) is 4.74 Å². The number of aromatic nitrogens is 1. The van der Waals surface area contributed by atoms with Crippen molar-refractivity contribution in [1.82, 2.24) is 15.4 Å². The molecule has 36 heavy (non-hydrogen) atoms. The summed E-state index contributed by atoms with van der Waals surface area (Å²) in [5.74, 6) is 2.07. The molecular weight excluding hydrogens is 456 g/mol. The Morgan fingerprint density at radius 1 is 1.19 bits per heavy atom. The van der Waals surface area contributed by atoms with E-state index in [2.05, 4.69) is 31.8 Å². The van der Waals surface area contributed by atoms with E-state index in [-0.39, 0.29) is 6.10 Å². The fraction of sp³-hybridized carbons (Fsp3) is 0.407. The quantitative estimate of drug-likeness (QED) is 0.362. The number of nitrogen functional groups attached to an aromatic ring is 1. The molecule has 1 unspecified atom stereocenters. The number of carbonyl (C=O) groups excluding carboxylic acids is 1. The molecule has 5 N–H and O–H groups in total. The molecule has 1 amide bonds. The number of rotatable bonds is 8. The van der Waals surface area contributed by atoms with Crippen molar-refractivity contribution in [2.45, 2.75) is 51.2 Å². The minimum absolute atomic E-state index is 0.0461. The van der Waals surface area contributed by atoms with Gasteiger partial charge in [-0.2, -0.15) is 0 Å². The van der Waals surface area contributed by atoms with Crippen LogP contribution in [0.4, 0.5) is 16.2 Å². The van der Waals surface area contributed by atoms with Crippen LogP contribution in [0, 0.1) is 5.92 Å². The molecule has 2 fully saturated rings. The fourth-order valence-corrected chi connectivity index (χ4v) is 4.96. The van der Waals surface area contributed by atoms with Gasteiger partial charge in [0.05, 0.1) is 16.9 Å². The van der Waals surface area contributed by atoms with Gasteiger partial charge in [0.25, 0.3) is 0 Å². The van der Waals surface area contributed by atoms with E-state index in [0.29, 0.717) is 30.9 Å². The maximum Gasteiger partial charge on any atom is 0.411 e. The number of nitrogens with one attached hydrogen (secondary N) is 3. The number of fused-ring (bicyclic) bond motifs is 1. The summed E-state index contributed by atoms with van der Waals surface area (Å²) in [6.07, 6.45) is 5.27. The van der Waals surface area contributed by atoms with Crippen molar-refractivity contribution in [1.29, 1.82) is 0 Å². The number of carbonyl (C=O) groups is 1. The number of hydrogen-bond acceptors (Lipinski definition) is 7. The number of hydrazine groups is 1. The molecule has 2 heterocycles. The molecule has 2 saturated carbocycles. The third kappa shape index (κ3) is 4.46. The molecular formula is C27H32N6O3. The lowest BCUT2D eigenvalue weighted by molar-refractivity contribution is 0.108. The molecule has 2 aromatic carbocycles. The molecule has 1 aliphatic heterocycles. The van der Waals surface area contributed by atoms with E-state index in [4.69, 9.17) is 15.2 Å². The number of benzene rings is 2. The number of amides is 1. The minimum atomic E-state index is -0.410. The number of nitrogens with zero attached hydrogens (tertiary/aromatic N) is 2. The van der Waals surface area contributed by atoms with Crippen molar-refractivity contribution in [3.63, 3.8) is 0 Å². The van der Waals surface area contributed by atoms with Gasteiger partial charge in [-0.05, 0) is 69.2 Å². The van der Waals surface area contributed by atoms with Gasteiger partial charge in [0, 0.05) is 28.7 Å². The third-order valence-corrected chi connectivity index (χ3v) is 7.40. The van der Waals surface area contributed by atoms with Crippen molar-refractivity contribution in [3.05, 3.63) is 42.5 Å². The second-order valence-corrected chi connectivity index (χ2v) is 9.90. The topological polar surface area (TPSA) is 115 Å². The summed E-state index contributed by atoms with van der Waals surface area (Å²) in [4.78, 5) is 16.6. The van der Waals surface area contributed by atoms with E-state index in [0.717, 1.165) is 65.1 Å². The van der Waals surface area contributed by atoms with Gasteiger partial charge in [0.15, 0.2) is 5.84 Å². The van der Waals surface area contributed by atoms with Crippen molar-refractivity contribution >= 4 is 34.2 Å². The smallest absolute Gasteiger partial charge is 0.411 e. The van der Waals surface area contributed by atoms with Crippen LogP contribution in [0.5, 0.6) is 5.75 Å². The molecule has 0 radical (unpaired) electrons. The molecule has 1 aromatic heterocycles. The monoisotopic (exact) mass is 488 g/mol. The Morgan fingerprint density at radius 3 is 2.67 bits per heavy atom. The first kappa shape index (κ1) is 22.7. The number of amidine groups is 1. The van der Waals surface area contributed by atoms with E-state index in [1.807, 2.05) is 43.3 Å². The number of ether oxygens (including phenoxy) is 2. The van der Waals surface area contributed by atoms with Crippen LogP contribution in [0.2, 0.25) is 0 Å². The lowest BCUT2D eigenvalue weighted by Gasteiger charge is -2.30. The predicted octanol–water partition coefficient (Wildman–Crippen LogP) is 4.81. The van der Waals surface area contributed by atoms with Gasteiger partial charge in [-0.3, -0.25) is 10.3 Å². The van der Waals surface area contributed by atoms with Crippen LogP contribution < -0.4 is 26.6 Å². The Labute approximate surface area is 210 Å². The van der Waals surface area contributed by atoms with Gasteiger partial charge in [-0.1, -0.05) is 12.1 Å². The van der Waals surface area contributed by atoms with E-state index < -0.39 is 6.09 Å². The van der Waals surface area contributed by atoms with Crippen LogP contribution in [-0.4, -0.2) is 35.9 Å². The average molecular weight is 489 g/mol. The van der Waals surface area contributed by atoms with Crippen molar-refractivity contribution in [3.8, 4) is 17.0 Å². The molecule has 0 bridgehead atoms. The molecule has 3 aliphatic rings. The summed E-state index contributed by atoms with van der Waals surface area (Å²) in [6, 6.07) is 14.3. The predicted molar refractivity (Wildman–Crippen MR) is 141 cm³/mol. The number of hydrogen-bond donors (Lipinski definition) is 4. The number of aliphatic imine (C=N–C) groups is 1. The van der Waals surface area contributed by atoms with Crippen LogP contribution >= 0.6 is 0 Å². The first-order valence-electron chi connectivity index (χ1n) is 12.7. The summed E-state index contributed by atoms with van der Waals surface area (Å²) in [6.45, 7) is 2.88. The van der Waals surface area contributed by atoms with E-state index in [1.165, 1.54) is 6.42 Å². The lowest BCUT2D eigenvalue weighted by atomic mass is 9.92. The van der Waals surface area contributed by atoms with E-state index >= 15 is 0 Å². The van der Waals surface area contributed by atoms with Gasteiger partial charge in [0.2, 0.25) is 0 Å². The van der Waals surface area contributed by atoms with Gasteiger partial charge in [0.1, 0.15) is 25.1 Å². The first-order chi connectivity index (χ1) is 17.6. The Morgan fingerprint density at radius 2 is 2.00 bits per heavy atom. The number of nitrogens with two attached hydrogens (primary N) is 1. The fourth-order valence-electron chi connectivity index (χ4n) is 4.96. The van der Waals surface area contributed by atoms with Crippen LogP contribution in [0.3, 0.4) is 0 Å². The highest BCUT2D eigenvalue weighted by Crippen LogP contribution is 2.45. The first-order valence-corrected chi connectivity index (χ1v) is 12.7. The highest BCUT2D eigenvalue weighted by Gasteiger charge is 2.31.